The van der Waals surface area contributed by atoms with Gasteiger partial charge in [0.25, 0.3) is 0 Å². The van der Waals surface area contributed by atoms with Crippen LogP contribution in [0.5, 0.6) is 0 Å². The lowest BCUT2D eigenvalue weighted by Gasteiger charge is -2.08. The first-order valence-electron chi connectivity index (χ1n) is 4.78. The van der Waals surface area contributed by atoms with Crippen molar-refractivity contribution in [2.75, 3.05) is 0 Å². The summed E-state index contributed by atoms with van der Waals surface area (Å²) in [6.07, 6.45) is 4.09. The zero-order valence-electron chi connectivity index (χ0n) is 8.51. The molecule has 1 aromatic carbocycles. The van der Waals surface area contributed by atoms with E-state index in [9.17, 15) is 0 Å². The maximum absolute atomic E-state index is 8.69. The van der Waals surface area contributed by atoms with E-state index in [-0.39, 0.29) is 0 Å². The molecule has 1 aromatic heterocycles. The number of nitriles is 1. The van der Waals surface area contributed by atoms with Crippen molar-refractivity contribution in [1.29, 1.82) is 5.26 Å². The molecule has 0 amide bonds. The normalized spacial score (nSPS) is 9.87. The first-order chi connectivity index (χ1) is 7.33. The van der Waals surface area contributed by atoms with Crippen LogP contribution in [0.3, 0.4) is 0 Å². The lowest BCUT2D eigenvalue weighted by Crippen LogP contribution is -2.00. The van der Waals surface area contributed by atoms with Crippen LogP contribution in [0.15, 0.2) is 36.7 Å². The monoisotopic (exact) mass is 197 g/mol. The molecule has 74 valence electrons. The molecule has 2 rings (SSSR count). The first kappa shape index (κ1) is 9.47. The standard InChI is InChI=1S/C12H11N3/c1-10-11(6-7-13)4-2-5-12(10)15-9-3-8-14-15/h2-5,8-9H,6H2,1H3. The Balaban J connectivity index is 2.50. The minimum atomic E-state index is 0.445. The molecule has 0 radical (unpaired) electrons. The van der Waals surface area contributed by atoms with E-state index >= 15 is 0 Å². The summed E-state index contributed by atoms with van der Waals surface area (Å²) < 4.78 is 1.82. The van der Waals surface area contributed by atoms with E-state index in [1.807, 2.05) is 42.1 Å². The fourth-order valence-corrected chi connectivity index (χ4v) is 1.61. The average Bonchev–Trinajstić information content (AvgIpc) is 2.74. The molecule has 15 heavy (non-hydrogen) atoms. The fourth-order valence-electron chi connectivity index (χ4n) is 1.61. The maximum atomic E-state index is 8.69. The molecule has 0 saturated heterocycles. The Morgan fingerprint density at radius 3 is 2.93 bits per heavy atom. The molecule has 0 fully saturated rings. The third-order valence-electron chi connectivity index (χ3n) is 2.44. The molecular weight excluding hydrogens is 186 g/mol. The molecule has 0 aliphatic heterocycles. The second kappa shape index (κ2) is 3.97. The summed E-state index contributed by atoms with van der Waals surface area (Å²) in [7, 11) is 0. The number of benzene rings is 1. The SMILES string of the molecule is Cc1c(CC#N)cccc1-n1cccn1. The highest BCUT2D eigenvalue weighted by Crippen LogP contribution is 2.17. The van der Waals surface area contributed by atoms with Crippen LogP contribution in [0.2, 0.25) is 0 Å². The quantitative estimate of drug-likeness (QED) is 0.740. The molecule has 0 N–H and O–H groups in total. The summed E-state index contributed by atoms with van der Waals surface area (Å²) in [5, 5.41) is 12.9. The van der Waals surface area contributed by atoms with Crippen LogP contribution in [0, 0.1) is 18.3 Å². The number of aromatic nitrogens is 2. The molecule has 0 aliphatic rings. The van der Waals surface area contributed by atoms with Crippen LogP contribution in [-0.4, -0.2) is 9.78 Å². The van der Waals surface area contributed by atoms with E-state index in [0.717, 1.165) is 16.8 Å². The summed E-state index contributed by atoms with van der Waals surface area (Å²) in [5.41, 5.74) is 3.21. The van der Waals surface area contributed by atoms with Crippen molar-refractivity contribution in [3.8, 4) is 11.8 Å². The smallest absolute Gasteiger partial charge is 0.0677 e. The van der Waals surface area contributed by atoms with Crippen molar-refractivity contribution in [2.24, 2.45) is 0 Å². The van der Waals surface area contributed by atoms with E-state index in [2.05, 4.69) is 11.2 Å². The zero-order valence-corrected chi connectivity index (χ0v) is 8.51. The Labute approximate surface area is 88.6 Å². The molecule has 0 aliphatic carbocycles. The topological polar surface area (TPSA) is 41.6 Å². The van der Waals surface area contributed by atoms with Crippen molar-refractivity contribution in [1.82, 2.24) is 9.78 Å². The molecule has 0 bridgehead atoms. The minimum Gasteiger partial charge on any atom is -0.241 e. The Bertz CT molecular complexity index is 492. The first-order valence-corrected chi connectivity index (χ1v) is 4.78. The third kappa shape index (κ3) is 1.75. The van der Waals surface area contributed by atoms with Gasteiger partial charge in [-0.25, -0.2) is 4.68 Å². The van der Waals surface area contributed by atoms with Gasteiger partial charge in [-0.15, -0.1) is 0 Å². The van der Waals surface area contributed by atoms with Crippen molar-refractivity contribution in [3.63, 3.8) is 0 Å². The van der Waals surface area contributed by atoms with E-state index in [1.54, 1.807) is 6.20 Å². The maximum Gasteiger partial charge on any atom is 0.0677 e. The van der Waals surface area contributed by atoms with E-state index in [0.29, 0.717) is 6.42 Å². The highest BCUT2D eigenvalue weighted by molar-refractivity contribution is 5.45. The number of hydrogen-bond donors (Lipinski definition) is 0. The Kier molecular flexibility index (Phi) is 2.51. The third-order valence-corrected chi connectivity index (χ3v) is 2.44. The van der Waals surface area contributed by atoms with Gasteiger partial charge in [-0.3, -0.25) is 0 Å². The molecule has 2 aromatic rings. The molecule has 3 nitrogen and oxygen atoms in total. The van der Waals surface area contributed by atoms with E-state index in [4.69, 9.17) is 5.26 Å². The summed E-state index contributed by atoms with van der Waals surface area (Å²) >= 11 is 0. The lowest BCUT2D eigenvalue weighted by molar-refractivity contribution is 0.869. The Morgan fingerprint density at radius 2 is 2.27 bits per heavy atom. The molecule has 0 saturated carbocycles. The highest BCUT2D eigenvalue weighted by atomic mass is 15.3. The number of rotatable bonds is 2. The van der Waals surface area contributed by atoms with Crippen LogP contribution in [0.25, 0.3) is 5.69 Å². The molecule has 1 heterocycles. The molecule has 0 spiro atoms. The second-order valence-electron chi connectivity index (χ2n) is 3.35. The van der Waals surface area contributed by atoms with Crippen LogP contribution in [0.1, 0.15) is 11.1 Å². The Hall–Kier alpha value is -2.08. The summed E-state index contributed by atoms with van der Waals surface area (Å²) in [5.74, 6) is 0. The zero-order chi connectivity index (χ0) is 10.7. The molecule has 0 unspecified atom stereocenters. The van der Waals surface area contributed by atoms with Crippen LogP contribution < -0.4 is 0 Å². The number of hydrogen-bond acceptors (Lipinski definition) is 2. The van der Waals surface area contributed by atoms with Gasteiger partial charge < -0.3 is 0 Å². The lowest BCUT2D eigenvalue weighted by atomic mass is 10.0. The van der Waals surface area contributed by atoms with Crippen molar-refractivity contribution in [3.05, 3.63) is 47.8 Å². The minimum absolute atomic E-state index is 0.445. The van der Waals surface area contributed by atoms with Gasteiger partial charge in [0, 0.05) is 12.4 Å². The Morgan fingerprint density at radius 1 is 1.40 bits per heavy atom. The van der Waals surface area contributed by atoms with Crippen molar-refractivity contribution >= 4 is 0 Å². The summed E-state index contributed by atoms with van der Waals surface area (Å²) in [6, 6.07) is 9.99. The van der Waals surface area contributed by atoms with Crippen LogP contribution >= 0.6 is 0 Å². The van der Waals surface area contributed by atoms with E-state index in [1.165, 1.54) is 0 Å². The van der Waals surface area contributed by atoms with Gasteiger partial charge in [0.15, 0.2) is 0 Å². The summed E-state index contributed by atoms with van der Waals surface area (Å²) in [6.45, 7) is 2.02. The predicted molar refractivity (Wildman–Crippen MR) is 57.6 cm³/mol. The van der Waals surface area contributed by atoms with Gasteiger partial charge in [0.1, 0.15) is 0 Å². The largest absolute Gasteiger partial charge is 0.241 e. The van der Waals surface area contributed by atoms with Crippen LogP contribution in [0.4, 0.5) is 0 Å². The van der Waals surface area contributed by atoms with Gasteiger partial charge in [-0.1, -0.05) is 12.1 Å². The van der Waals surface area contributed by atoms with Crippen molar-refractivity contribution < 1.29 is 0 Å². The van der Waals surface area contributed by atoms with Gasteiger partial charge in [-0.05, 0) is 30.2 Å². The average molecular weight is 197 g/mol. The van der Waals surface area contributed by atoms with Gasteiger partial charge in [0.2, 0.25) is 0 Å². The summed E-state index contributed by atoms with van der Waals surface area (Å²) in [4.78, 5) is 0. The highest BCUT2D eigenvalue weighted by Gasteiger charge is 2.04. The van der Waals surface area contributed by atoms with Crippen LogP contribution in [-0.2, 0) is 6.42 Å². The molecule has 0 atom stereocenters. The van der Waals surface area contributed by atoms with Crippen molar-refractivity contribution in [2.45, 2.75) is 13.3 Å². The number of nitrogens with zero attached hydrogens (tertiary/aromatic N) is 3. The van der Waals surface area contributed by atoms with Gasteiger partial charge >= 0.3 is 0 Å². The predicted octanol–water partition coefficient (Wildman–Crippen LogP) is 2.25. The van der Waals surface area contributed by atoms with E-state index < -0.39 is 0 Å². The molecular formula is C12H11N3. The second-order valence-corrected chi connectivity index (χ2v) is 3.35. The molecule has 3 heteroatoms. The van der Waals surface area contributed by atoms with Gasteiger partial charge in [-0.2, -0.15) is 10.4 Å². The fraction of sp³-hybridized carbons (Fsp3) is 0.167. The van der Waals surface area contributed by atoms with Gasteiger partial charge in [0.05, 0.1) is 18.2 Å².